The van der Waals surface area contributed by atoms with Crippen LogP contribution in [0.3, 0.4) is 0 Å². The van der Waals surface area contributed by atoms with Crippen LogP contribution in [-0.2, 0) is 4.74 Å². The van der Waals surface area contributed by atoms with Gasteiger partial charge in [0.15, 0.2) is 5.75 Å². The SMILES string of the molecule is COC(=O)c1c(C)oc2cc(Oc3ccnn4cc(C(=O)N5CC[C@@](C)(O)C5)c(C)c34)ccc12. The number of hydrogen-bond acceptors (Lipinski definition) is 7. The number of likely N-dealkylation sites (tertiary alicyclic amines) is 1. The number of nitrogens with zero attached hydrogens (tertiary/aromatic N) is 3. The van der Waals surface area contributed by atoms with Gasteiger partial charge in [0.05, 0.1) is 24.5 Å². The zero-order valence-corrected chi connectivity index (χ0v) is 19.4. The maximum absolute atomic E-state index is 13.1. The number of rotatable bonds is 4. The second kappa shape index (κ2) is 7.88. The van der Waals surface area contributed by atoms with E-state index in [0.717, 1.165) is 5.56 Å². The molecule has 0 bridgehead atoms. The van der Waals surface area contributed by atoms with E-state index in [4.69, 9.17) is 13.9 Å². The van der Waals surface area contributed by atoms with Crippen LogP contribution in [0.1, 0.15) is 45.4 Å². The fourth-order valence-corrected chi connectivity index (χ4v) is 4.56. The minimum absolute atomic E-state index is 0.144. The molecule has 0 saturated carbocycles. The second-order valence-electron chi connectivity index (χ2n) is 8.91. The number of carbonyl (C=O) groups is 2. The Balaban J connectivity index is 1.49. The first kappa shape index (κ1) is 22.0. The van der Waals surface area contributed by atoms with Crippen molar-refractivity contribution in [1.82, 2.24) is 14.5 Å². The zero-order valence-electron chi connectivity index (χ0n) is 19.4. The van der Waals surface area contributed by atoms with Crippen LogP contribution in [0.4, 0.5) is 0 Å². The molecule has 4 aromatic rings. The number of furan rings is 1. The van der Waals surface area contributed by atoms with Crippen molar-refractivity contribution < 1.29 is 28.6 Å². The standard InChI is InChI=1S/C25H25N3O6/c1-14-18(23(29)27-10-8-25(3,31)13-27)12-28-22(14)19(7-9-26-28)34-16-5-6-17-20(11-16)33-15(2)21(17)24(30)32-4/h5-7,9,11-12,31H,8,10,13H2,1-4H3/t25-/m1/s1. The maximum atomic E-state index is 13.1. The van der Waals surface area contributed by atoms with E-state index in [2.05, 4.69) is 5.10 Å². The third kappa shape index (κ3) is 3.58. The van der Waals surface area contributed by atoms with Gasteiger partial charge in [-0.2, -0.15) is 5.10 Å². The Labute approximate surface area is 195 Å². The number of esters is 1. The molecule has 1 aliphatic heterocycles. The number of methoxy groups -OCH3 is 1. The van der Waals surface area contributed by atoms with E-state index in [1.807, 2.05) is 6.92 Å². The van der Waals surface area contributed by atoms with E-state index in [1.54, 1.807) is 59.9 Å². The van der Waals surface area contributed by atoms with Crippen LogP contribution in [0.25, 0.3) is 16.5 Å². The molecule has 1 N–H and O–H groups in total. The summed E-state index contributed by atoms with van der Waals surface area (Å²) >= 11 is 0. The van der Waals surface area contributed by atoms with Gasteiger partial charge in [-0.15, -0.1) is 0 Å². The van der Waals surface area contributed by atoms with E-state index < -0.39 is 11.6 Å². The number of hydrogen-bond donors (Lipinski definition) is 1. The van der Waals surface area contributed by atoms with Crippen molar-refractivity contribution in [3.8, 4) is 11.5 Å². The Bertz CT molecular complexity index is 1450. The van der Waals surface area contributed by atoms with Gasteiger partial charge in [0.2, 0.25) is 0 Å². The number of ether oxygens (including phenoxy) is 2. The monoisotopic (exact) mass is 463 g/mol. The van der Waals surface area contributed by atoms with E-state index in [0.29, 0.717) is 64.4 Å². The van der Waals surface area contributed by atoms with Crippen LogP contribution in [0, 0.1) is 13.8 Å². The molecule has 0 spiro atoms. The number of aliphatic hydroxyl groups is 1. The molecule has 1 fully saturated rings. The van der Waals surface area contributed by atoms with Crippen LogP contribution in [0.2, 0.25) is 0 Å². The molecule has 0 unspecified atom stereocenters. The Morgan fingerprint density at radius 2 is 2.03 bits per heavy atom. The summed E-state index contributed by atoms with van der Waals surface area (Å²) in [5, 5.41) is 15.2. The molecule has 1 aliphatic rings. The highest BCUT2D eigenvalue weighted by atomic mass is 16.5. The number of carbonyl (C=O) groups excluding carboxylic acids is 2. The molecule has 1 aromatic carbocycles. The quantitative estimate of drug-likeness (QED) is 0.458. The summed E-state index contributed by atoms with van der Waals surface area (Å²) in [5.41, 5.74) is 1.95. The topological polar surface area (TPSA) is 107 Å². The van der Waals surface area contributed by atoms with Crippen LogP contribution in [0.15, 0.2) is 41.1 Å². The van der Waals surface area contributed by atoms with Crippen LogP contribution >= 0.6 is 0 Å². The molecule has 3 aromatic heterocycles. The van der Waals surface area contributed by atoms with E-state index >= 15 is 0 Å². The lowest BCUT2D eigenvalue weighted by molar-refractivity contribution is 0.0572. The Hall–Kier alpha value is -3.85. The smallest absolute Gasteiger partial charge is 0.342 e. The third-order valence-electron chi connectivity index (χ3n) is 6.31. The van der Waals surface area contributed by atoms with E-state index in [1.165, 1.54) is 7.11 Å². The van der Waals surface area contributed by atoms with Gasteiger partial charge in [-0.1, -0.05) is 0 Å². The number of benzene rings is 1. The normalized spacial score (nSPS) is 18.1. The summed E-state index contributed by atoms with van der Waals surface area (Å²) in [6, 6.07) is 6.94. The largest absolute Gasteiger partial charge is 0.465 e. The highest BCUT2D eigenvalue weighted by molar-refractivity contribution is 6.04. The summed E-state index contributed by atoms with van der Waals surface area (Å²) in [7, 11) is 1.33. The molecule has 0 aliphatic carbocycles. The summed E-state index contributed by atoms with van der Waals surface area (Å²) in [6.45, 7) is 6.10. The highest BCUT2D eigenvalue weighted by Crippen LogP contribution is 2.34. The first-order valence-corrected chi connectivity index (χ1v) is 11.0. The molecule has 0 radical (unpaired) electrons. The number of β-amino-alcohol motifs (C(OH)–C–C–N with tert-alkyl or cyclic N) is 1. The summed E-state index contributed by atoms with van der Waals surface area (Å²) in [5.74, 6) is 0.901. The first-order chi connectivity index (χ1) is 16.2. The number of amides is 1. The third-order valence-corrected chi connectivity index (χ3v) is 6.31. The predicted molar refractivity (Wildman–Crippen MR) is 123 cm³/mol. The van der Waals surface area contributed by atoms with Gasteiger partial charge in [0, 0.05) is 36.8 Å². The van der Waals surface area contributed by atoms with E-state index in [-0.39, 0.29) is 5.91 Å². The van der Waals surface area contributed by atoms with Gasteiger partial charge in [-0.25, -0.2) is 9.31 Å². The molecule has 9 nitrogen and oxygen atoms in total. The molecule has 176 valence electrons. The van der Waals surface area contributed by atoms with Crippen LogP contribution in [0.5, 0.6) is 11.5 Å². The minimum Gasteiger partial charge on any atom is -0.465 e. The predicted octanol–water partition coefficient (Wildman–Crippen LogP) is 3.87. The van der Waals surface area contributed by atoms with Crippen LogP contribution in [-0.4, -0.2) is 57.3 Å². The van der Waals surface area contributed by atoms with Gasteiger partial charge >= 0.3 is 5.97 Å². The Kier molecular flexibility index (Phi) is 5.09. The highest BCUT2D eigenvalue weighted by Gasteiger charge is 2.35. The molecule has 34 heavy (non-hydrogen) atoms. The molecular formula is C25H25N3O6. The van der Waals surface area contributed by atoms with Crippen molar-refractivity contribution in [3.05, 3.63) is 59.1 Å². The Morgan fingerprint density at radius 3 is 2.74 bits per heavy atom. The average Bonchev–Trinajstić information content (AvgIpc) is 3.45. The number of aryl methyl sites for hydroxylation is 2. The van der Waals surface area contributed by atoms with Gasteiger partial charge in [-0.05, 0) is 44.9 Å². The molecule has 4 heterocycles. The molecule has 1 saturated heterocycles. The lowest BCUT2D eigenvalue weighted by Gasteiger charge is -2.18. The fourth-order valence-electron chi connectivity index (χ4n) is 4.56. The fraction of sp³-hybridized carbons (Fsp3) is 0.320. The minimum atomic E-state index is -0.869. The molecule has 1 amide bonds. The maximum Gasteiger partial charge on any atom is 0.342 e. The summed E-state index contributed by atoms with van der Waals surface area (Å²) in [4.78, 5) is 26.9. The zero-order chi connectivity index (χ0) is 24.2. The second-order valence-corrected chi connectivity index (χ2v) is 8.91. The van der Waals surface area contributed by atoms with Gasteiger partial charge in [0.25, 0.3) is 5.91 Å². The van der Waals surface area contributed by atoms with Crippen LogP contribution < -0.4 is 4.74 Å². The lowest BCUT2D eigenvalue weighted by Crippen LogP contribution is -2.34. The number of aromatic nitrogens is 2. The van der Waals surface area contributed by atoms with Gasteiger partial charge < -0.3 is 23.9 Å². The molecular weight excluding hydrogens is 438 g/mol. The van der Waals surface area contributed by atoms with Crippen molar-refractivity contribution >= 4 is 28.4 Å². The van der Waals surface area contributed by atoms with Crippen molar-refractivity contribution in [2.24, 2.45) is 0 Å². The van der Waals surface area contributed by atoms with Gasteiger partial charge in [-0.3, -0.25) is 4.79 Å². The first-order valence-electron chi connectivity index (χ1n) is 11.0. The van der Waals surface area contributed by atoms with Crippen molar-refractivity contribution in [2.45, 2.75) is 32.8 Å². The summed E-state index contributed by atoms with van der Waals surface area (Å²) in [6.07, 6.45) is 3.83. The van der Waals surface area contributed by atoms with Gasteiger partial charge in [0.1, 0.15) is 28.2 Å². The molecule has 1 atom stereocenters. The average molecular weight is 463 g/mol. The summed E-state index contributed by atoms with van der Waals surface area (Å²) < 4.78 is 18.4. The van der Waals surface area contributed by atoms with E-state index in [9.17, 15) is 14.7 Å². The molecule has 5 rings (SSSR count). The van der Waals surface area contributed by atoms with Crippen molar-refractivity contribution in [1.29, 1.82) is 0 Å². The molecule has 9 heteroatoms. The van der Waals surface area contributed by atoms with Crippen molar-refractivity contribution in [3.63, 3.8) is 0 Å². The lowest BCUT2D eigenvalue weighted by atomic mass is 10.1. The Morgan fingerprint density at radius 1 is 1.24 bits per heavy atom. The number of fused-ring (bicyclic) bond motifs is 2. The van der Waals surface area contributed by atoms with Crippen molar-refractivity contribution in [2.75, 3.05) is 20.2 Å².